The summed E-state index contributed by atoms with van der Waals surface area (Å²) in [6, 6.07) is 4.81. The Bertz CT molecular complexity index is 577. The van der Waals surface area contributed by atoms with Gasteiger partial charge in [-0.1, -0.05) is 6.07 Å². The summed E-state index contributed by atoms with van der Waals surface area (Å²) >= 11 is 0. The summed E-state index contributed by atoms with van der Waals surface area (Å²) in [7, 11) is 4.01. The molecule has 1 aromatic rings. The zero-order valence-corrected chi connectivity index (χ0v) is 12.8. The van der Waals surface area contributed by atoms with Crippen molar-refractivity contribution < 1.29 is 23.5 Å². The van der Waals surface area contributed by atoms with Gasteiger partial charge in [-0.2, -0.15) is 5.10 Å². The fraction of sp³-hybridized carbons (Fsp3) is 0.357. The van der Waals surface area contributed by atoms with Gasteiger partial charge >= 0.3 is 12.1 Å². The largest absolute Gasteiger partial charge is 0.467 e. The van der Waals surface area contributed by atoms with E-state index in [1.54, 1.807) is 13.1 Å². The molecule has 0 radical (unpaired) electrons. The first-order valence-electron chi connectivity index (χ1n) is 6.35. The van der Waals surface area contributed by atoms with Crippen molar-refractivity contribution in [1.29, 1.82) is 0 Å². The Kier molecular flexibility index (Phi) is 6.30. The summed E-state index contributed by atoms with van der Waals surface area (Å²) in [4.78, 5) is 24.5. The van der Waals surface area contributed by atoms with Gasteiger partial charge in [0.15, 0.2) is 6.04 Å². The van der Waals surface area contributed by atoms with Crippen molar-refractivity contribution in [2.45, 2.75) is 13.0 Å². The second-order valence-electron chi connectivity index (χ2n) is 4.37. The highest BCUT2D eigenvalue weighted by Gasteiger charge is 2.28. The number of carbonyl (C=O) groups is 2. The molecular weight excluding hydrogens is 293 g/mol. The Balaban J connectivity index is 3.07. The lowest BCUT2D eigenvalue weighted by molar-refractivity contribution is -0.140. The molecule has 22 heavy (non-hydrogen) atoms. The van der Waals surface area contributed by atoms with E-state index in [4.69, 9.17) is 4.74 Å². The quantitative estimate of drug-likeness (QED) is 0.507. The summed E-state index contributed by atoms with van der Waals surface area (Å²) in [5.74, 6) is -1.03. The van der Waals surface area contributed by atoms with Gasteiger partial charge in [0.2, 0.25) is 0 Å². The summed E-state index contributed by atoms with van der Waals surface area (Å²) in [6.07, 6.45) is -0.767. The van der Waals surface area contributed by atoms with E-state index in [1.807, 2.05) is 0 Å². The number of methoxy groups -OCH3 is 2. The lowest BCUT2D eigenvalue weighted by Crippen LogP contribution is -2.45. The van der Waals surface area contributed by atoms with E-state index < -0.39 is 23.9 Å². The summed E-state index contributed by atoms with van der Waals surface area (Å²) in [5, 5.41) is 3.79. The van der Waals surface area contributed by atoms with Crippen LogP contribution in [0.15, 0.2) is 29.4 Å². The number of hydrazone groups is 1. The first-order chi connectivity index (χ1) is 10.4. The van der Waals surface area contributed by atoms with Crippen LogP contribution >= 0.6 is 0 Å². The average Bonchev–Trinajstić information content (AvgIpc) is 2.52. The van der Waals surface area contributed by atoms with E-state index in [-0.39, 0.29) is 5.71 Å². The maximum Gasteiger partial charge on any atom is 0.427 e. The van der Waals surface area contributed by atoms with E-state index in [0.29, 0.717) is 5.69 Å². The van der Waals surface area contributed by atoms with Crippen molar-refractivity contribution in [3.8, 4) is 0 Å². The first kappa shape index (κ1) is 17.4. The topological polar surface area (TPSA) is 80.2 Å². The maximum absolute atomic E-state index is 13.3. The number of nitrogens with zero attached hydrogens (tertiary/aromatic N) is 2. The van der Waals surface area contributed by atoms with Crippen molar-refractivity contribution in [2.75, 3.05) is 26.2 Å². The van der Waals surface area contributed by atoms with E-state index >= 15 is 0 Å². The minimum Gasteiger partial charge on any atom is -0.467 e. The number of nitrogens with one attached hydrogen (secondary N) is 1. The molecule has 0 saturated carbocycles. The molecule has 1 unspecified atom stereocenters. The third kappa shape index (κ3) is 4.44. The molecule has 8 heteroatoms. The second kappa shape index (κ2) is 7.96. The van der Waals surface area contributed by atoms with Crippen LogP contribution in [0.4, 0.5) is 14.9 Å². The lowest BCUT2D eigenvalue weighted by Gasteiger charge is -2.27. The number of anilines is 1. The van der Waals surface area contributed by atoms with Crippen LogP contribution in [-0.4, -0.2) is 45.1 Å². The third-order valence-electron chi connectivity index (χ3n) is 2.93. The molecule has 0 aromatic heterocycles. The van der Waals surface area contributed by atoms with Crippen LogP contribution in [0.3, 0.4) is 0 Å². The van der Waals surface area contributed by atoms with Crippen LogP contribution in [0.1, 0.15) is 6.92 Å². The van der Waals surface area contributed by atoms with Gasteiger partial charge in [0.25, 0.3) is 0 Å². The third-order valence-corrected chi connectivity index (χ3v) is 2.93. The number of hydrogen-bond donors (Lipinski definition) is 1. The Morgan fingerprint density at radius 3 is 2.55 bits per heavy atom. The number of rotatable bonds is 5. The normalized spacial score (nSPS) is 12.3. The number of halogens is 1. The highest BCUT2D eigenvalue weighted by Crippen LogP contribution is 2.18. The van der Waals surface area contributed by atoms with Crippen LogP contribution in [0, 0.1) is 5.82 Å². The molecule has 0 bridgehead atoms. The SMILES string of the molecule is COC(=O)NN=C(C)C(C(=O)OC)N(C)c1cccc(F)c1. The molecule has 7 nitrogen and oxygen atoms in total. The molecule has 1 N–H and O–H groups in total. The van der Waals surface area contributed by atoms with Crippen molar-refractivity contribution in [3.05, 3.63) is 30.1 Å². The van der Waals surface area contributed by atoms with Crippen LogP contribution < -0.4 is 10.3 Å². The number of benzene rings is 1. The fourth-order valence-corrected chi connectivity index (χ4v) is 1.81. The Morgan fingerprint density at radius 1 is 1.32 bits per heavy atom. The Labute approximate surface area is 127 Å². The molecule has 0 heterocycles. The number of hydrogen-bond acceptors (Lipinski definition) is 6. The molecule has 1 atom stereocenters. The molecule has 0 aliphatic heterocycles. The molecule has 0 saturated heterocycles. The lowest BCUT2D eigenvalue weighted by atomic mass is 10.1. The smallest absolute Gasteiger partial charge is 0.427 e. The molecule has 1 amide bonds. The van der Waals surface area contributed by atoms with Crippen molar-refractivity contribution >= 4 is 23.5 Å². The van der Waals surface area contributed by atoms with Gasteiger partial charge in [0.05, 0.1) is 19.9 Å². The molecule has 0 fully saturated rings. The second-order valence-corrected chi connectivity index (χ2v) is 4.37. The van der Waals surface area contributed by atoms with E-state index in [0.717, 1.165) is 0 Å². The first-order valence-corrected chi connectivity index (χ1v) is 6.35. The van der Waals surface area contributed by atoms with Crippen LogP contribution in [0.2, 0.25) is 0 Å². The number of esters is 1. The highest BCUT2D eigenvalue weighted by molar-refractivity contribution is 6.07. The molecule has 0 aliphatic rings. The van der Waals surface area contributed by atoms with Crippen LogP contribution in [0.5, 0.6) is 0 Å². The summed E-state index contributed by atoms with van der Waals surface area (Å²) in [5.41, 5.74) is 2.84. The summed E-state index contributed by atoms with van der Waals surface area (Å²) < 4.78 is 22.5. The molecule has 0 aliphatic carbocycles. The van der Waals surface area contributed by atoms with Gasteiger partial charge in [0, 0.05) is 12.7 Å². The number of likely N-dealkylation sites (N-methyl/N-ethyl adjacent to an activating group) is 1. The molecule has 0 spiro atoms. The van der Waals surface area contributed by atoms with E-state index in [1.165, 1.54) is 44.2 Å². The summed E-state index contributed by atoms with van der Waals surface area (Å²) in [6.45, 7) is 1.54. The van der Waals surface area contributed by atoms with Crippen molar-refractivity contribution in [2.24, 2.45) is 5.10 Å². The van der Waals surface area contributed by atoms with Crippen LogP contribution in [-0.2, 0) is 14.3 Å². The van der Waals surface area contributed by atoms with Gasteiger partial charge in [0.1, 0.15) is 5.82 Å². The molecule has 120 valence electrons. The van der Waals surface area contributed by atoms with Crippen molar-refractivity contribution in [3.63, 3.8) is 0 Å². The predicted octanol–water partition coefficient (Wildman–Crippen LogP) is 1.54. The van der Waals surface area contributed by atoms with Gasteiger partial charge in [-0.05, 0) is 25.1 Å². The number of ether oxygens (including phenoxy) is 2. The molecule has 1 aromatic carbocycles. The van der Waals surface area contributed by atoms with Gasteiger partial charge < -0.3 is 14.4 Å². The zero-order chi connectivity index (χ0) is 16.7. The minimum absolute atomic E-state index is 0.254. The maximum atomic E-state index is 13.3. The number of carbonyl (C=O) groups excluding carboxylic acids is 2. The average molecular weight is 311 g/mol. The van der Waals surface area contributed by atoms with Crippen LogP contribution in [0.25, 0.3) is 0 Å². The van der Waals surface area contributed by atoms with E-state index in [9.17, 15) is 14.0 Å². The van der Waals surface area contributed by atoms with Gasteiger partial charge in [-0.15, -0.1) is 0 Å². The number of amides is 1. The molecule has 1 rings (SSSR count). The fourth-order valence-electron chi connectivity index (χ4n) is 1.81. The Hall–Kier alpha value is -2.64. The standard InChI is InChI=1S/C14H18FN3O4/c1-9(16-17-14(20)22-4)12(13(19)21-3)18(2)11-7-5-6-10(15)8-11/h5-8,12H,1-4H3,(H,17,20). The van der Waals surface area contributed by atoms with Gasteiger partial charge in [-0.25, -0.2) is 19.4 Å². The van der Waals surface area contributed by atoms with E-state index in [2.05, 4.69) is 15.3 Å². The monoisotopic (exact) mass is 311 g/mol. The zero-order valence-electron chi connectivity index (χ0n) is 12.8. The molecular formula is C14H18FN3O4. The highest BCUT2D eigenvalue weighted by atomic mass is 19.1. The van der Waals surface area contributed by atoms with Crippen molar-refractivity contribution in [1.82, 2.24) is 5.43 Å². The predicted molar refractivity (Wildman–Crippen MR) is 79.3 cm³/mol. The van der Waals surface area contributed by atoms with Gasteiger partial charge in [-0.3, -0.25) is 0 Å². The Morgan fingerprint density at radius 2 is 2.00 bits per heavy atom. The minimum atomic E-state index is -0.927.